The van der Waals surface area contributed by atoms with E-state index in [0.29, 0.717) is 0 Å². The third-order valence-electron chi connectivity index (χ3n) is 2.75. The Morgan fingerprint density at radius 3 is 2.44 bits per heavy atom. The molecule has 1 aromatic heterocycles. The van der Waals surface area contributed by atoms with Crippen LogP contribution in [0.3, 0.4) is 0 Å². The van der Waals surface area contributed by atoms with Gasteiger partial charge in [0, 0.05) is 17.1 Å². The van der Waals surface area contributed by atoms with Crippen molar-refractivity contribution in [1.82, 2.24) is 4.98 Å². The van der Waals surface area contributed by atoms with Gasteiger partial charge < -0.3 is 0 Å². The number of aromatic nitrogens is 1. The van der Waals surface area contributed by atoms with Crippen molar-refractivity contribution in [3.63, 3.8) is 0 Å². The average molecular weight is 229 g/mol. The second-order valence-electron chi connectivity index (χ2n) is 4.00. The summed E-state index contributed by atoms with van der Waals surface area (Å²) < 4.78 is 0. The lowest BCUT2D eigenvalue weighted by Gasteiger charge is -1.98. The highest BCUT2D eigenvalue weighted by atomic mass is 14.6. The Balaban J connectivity index is 2.09. The van der Waals surface area contributed by atoms with E-state index < -0.39 is 0 Å². The molecule has 84 valence electrons. The van der Waals surface area contributed by atoms with Gasteiger partial charge in [-0.1, -0.05) is 48.2 Å². The van der Waals surface area contributed by atoms with Crippen molar-refractivity contribution in [2.24, 2.45) is 0 Å². The van der Waals surface area contributed by atoms with Crippen LogP contribution in [0, 0.1) is 11.8 Å². The lowest BCUT2D eigenvalue weighted by atomic mass is 10.1. The molecule has 0 bridgehead atoms. The number of benzene rings is 2. The fourth-order valence-electron chi connectivity index (χ4n) is 1.87. The number of hydrogen-bond donors (Lipinski definition) is 0. The molecule has 1 heterocycles. The van der Waals surface area contributed by atoms with Crippen molar-refractivity contribution in [2.75, 3.05) is 0 Å². The van der Waals surface area contributed by atoms with Gasteiger partial charge >= 0.3 is 0 Å². The summed E-state index contributed by atoms with van der Waals surface area (Å²) in [5, 5.41) is 1.12. The molecule has 2 aromatic carbocycles. The molecule has 0 amide bonds. The summed E-state index contributed by atoms with van der Waals surface area (Å²) in [4.78, 5) is 4.39. The van der Waals surface area contributed by atoms with Crippen LogP contribution in [-0.2, 0) is 0 Å². The van der Waals surface area contributed by atoms with Crippen LogP contribution in [-0.4, -0.2) is 4.98 Å². The summed E-state index contributed by atoms with van der Waals surface area (Å²) in [5.41, 5.74) is 2.95. The van der Waals surface area contributed by atoms with Gasteiger partial charge in [0.1, 0.15) is 0 Å². The molecular weight excluding hydrogens is 218 g/mol. The molecule has 0 N–H and O–H groups in total. The molecule has 0 aliphatic carbocycles. The molecule has 0 atom stereocenters. The summed E-state index contributed by atoms with van der Waals surface area (Å²) in [6.07, 6.45) is 1.80. The van der Waals surface area contributed by atoms with Crippen LogP contribution in [0.15, 0.2) is 66.9 Å². The molecule has 0 aliphatic rings. The van der Waals surface area contributed by atoms with Gasteiger partial charge in [0.05, 0.1) is 11.1 Å². The molecule has 1 heteroatoms. The Kier molecular flexibility index (Phi) is 2.77. The largest absolute Gasteiger partial charge is 0.255 e. The van der Waals surface area contributed by atoms with E-state index in [0.717, 1.165) is 22.0 Å². The van der Waals surface area contributed by atoms with E-state index in [9.17, 15) is 0 Å². The van der Waals surface area contributed by atoms with Crippen molar-refractivity contribution in [2.45, 2.75) is 0 Å². The van der Waals surface area contributed by atoms with Gasteiger partial charge in [0.15, 0.2) is 0 Å². The van der Waals surface area contributed by atoms with Crippen LogP contribution >= 0.6 is 0 Å². The normalized spacial score (nSPS) is 9.78. The van der Waals surface area contributed by atoms with E-state index in [1.165, 1.54) is 0 Å². The Hall–Kier alpha value is -2.59. The molecule has 0 saturated carbocycles. The lowest BCUT2D eigenvalue weighted by Crippen LogP contribution is -1.83. The van der Waals surface area contributed by atoms with E-state index in [1.807, 2.05) is 48.5 Å². The predicted molar refractivity (Wildman–Crippen MR) is 74.2 cm³/mol. The first-order valence-corrected chi connectivity index (χ1v) is 5.84. The van der Waals surface area contributed by atoms with Crippen LogP contribution in [0.1, 0.15) is 11.1 Å². The first kappa shape index (κ1) is 10.6. The second kappa shape index (κ2) is 4.73. The lowest BCUT2D eigenvalue weighted by molar-refractivity contribution is 1.40. The average Bonchev–Trinajstić information content (AvgIpc) is 2.46. The Labute approximate surface area is 106 Å². The minimum Gasteiger partial charge on any atom is -0.255 e. The van der Waals surface area contributed by atoms with E-state index >= 15 is 0 Å². The van der Waals surface area contributed by atoms with Gasteiger partial charge in [0.2, 0.25) is 0 Å². The van der Waals surface area contributed by atoms with E-state index in [2.05, 4.69) is 29.0 Å². The number of nitrogens with zero attached hydrogens (tertiary/aromatic N) is 1. The van der Waals surface area contributed by atoms with Gasteiger partial charge in [-0.25, -0.2) is 0 Å². The molecule has 1 nitrogen and oxygen atoms in total. The standard InChI is InChI=1S/C17H11N/c1-2-6-14(7-3-1)11-12-16-9-4-8-15-10-5-13-18-17(15)16/h1-10,13H. The molecule has 0 fully saturated rings. The zero-order valence-corrected chi connectivity index (χ0v) is 9.80. The number of fused-ring (bicyclic) bond motifs is 1. The monoisotopic (exact) mass is 229 g/mol. The highest BCUT2D eigenvalue weighted by molar-refractivity contribution is 5.84. The fourth-order valence-corrected chi connectivity index (χ4v) is 1.87. The minimum absolute atomic E-state index is 0.962. The van der Waals surface area contributed by atoms with Gasteiger partial charge in [-0.15, -0.1) is 0 Å². The van der Waals surface area contributed by atoms with E-state index in [1.54, 1.807) is 6.20 Å². The molecule has 0 saturated heterocycles. The third kappa shape index (κ3) is 2.09. The second-order valence-corrected chi connectivity index (χ2v) is 4.00. The Morgan fingerprint density at radius 1 is 0.722 bits per heavy atom. The molecule has 3 aromatic rings. The molecule has 0 unspecified atom stereocenters. The highest BCUT2D eigenvalue weighted by Gasteiger charge is 1.97. The van der Waals surface area contributed by atoms with Crippen molar-refractivity contribution >= 4 is 10.9 Å². The summed E-state index contributed by atoms with van der Waals surface area (Å²) in [7, 11) is 0. The van der Waals surface area contributed by atoms with Crippen LogP contribution < -0.4 is 0 Å². The molecule has 0 spiro atoms. The van der Waals surface area contributed by atoms with Crippen LogP contribution in [0.5, 0.6) is 0 Å². The molecule has 0 radical (unpaired) electrons. The third-order valence-corrected chi connectivity index (χ3v) is 2.75. The van der Waals surface area contributed by atoms with Gasteiger partial charge in [-0.05, 0) is 24.3 Å². The Bertz CT molecular complexity index is 728. The minimum atomic E-state index is 0.962. The van der Waals surface area contributed by atoms with Crippen LogP contribution in [0.2, 0.25) is 0 Å². The van der Waals surface area contributed by atoms with Crippen molar-refractivity contribution in [3.05, 3.63) is 78.0 Å². The van der Waals surface area contributed by atoms with Crippen LogP contribution in [0.25, 0.3) is 10.9 Å². The number of para-hydroxylation sites is 1. The molecule has 3 rings (SSSR count). The maximum atomic E-state index is 4.39. The van der Waals surface area contributed by atoms with E-state index in [4.69, 9.17) is 0 Å². The first-order chi connectivity index (χ1) is 8.93. The summed E-state index contributed by atoms with van der Waals surface area (Å²) in [6, 6.07) is 20.0. The van der Waals surface area contributed by atoms with Crippen molar-refractivity contribution in [3.8, 4) is 11.8 Å². The Morgan fingerprint density at radius 2 is 1.56 bits per heavy atom. The molecule has 0 aliphatic heterocycles. The number of hydrogen-bond acceptors (Lipinski definition) is 1. The number of pyridine rings is 1. The predicted octanol–water partition coefficient (Wildman–Crippen LogP) is 3.63. The molecule has 18 heavy (non-hydrogen) atoms. The summed E-state index contributed by atoms with van der Waals surface area (Å²) in [6.45, 7) is 0. The van der Waals surface area contributed by atoms with Gasteiger partial charge in [0.25, 0.3) is 0 Å². The van der Waals surface area contributed by atoms with Gasteiger partial charge in [-0.2, -0.15) is 0 Å². The first-order valence-electron chi connectivity index (χ1n) is 5.84. The zero-order valence-electron chi connectivity index (χ0n) is 9.80. The maximum Gasteiger partial charge on any atom is 0.0858 e. The fraction of sp³-hybridized carbons (Fsp3) is 0. The quantitative estimate of drug-likeness (QED) is 0.536. The SMILES string of the molecule is C(#Cc1cccc2cccnc12)c1ccccc1. The van der Waals surface area contributed by atoms with Crippen molar-refractivity contribution < 1.29 is 0 Å². The number of rotatable bonds is 0. The van der Waals surface area contributed by atoms with Crippen molar-refractivity contribution in [1.29, 1.82) is 0 Å². The van der Waals surface area contributed by atoms with Crippen LogP contribution in [0.4, 0.5) is 0 Å². The van der Waals surface area contributed by atoms with E-state index in [-0.39, 0.29) is 0 Å². The summed E-state index contributed by atoms with van der Waals surface area (Å²) in [5.74, 6) is 6.35. The van der Waals surface area contributed by atoms with Gasteiger partial charge in [-0.3, -0.25) is 4.98 Å². The summed E-state index contributed by atoms with van der Waals surface area (Å²) >= 11 is 0. The smallest absolute Gasteiger partial charge is 0.0858 e. The zero-order chi connectivity index (χ0) is 12.2. The molecular formula is C17H11N. The highest BCUT2D eigenvalue weighted by Crippen LogP contribution is 2.14. The maximum absolute atomic E-state index is 4.39. The topological polar surface area (TPSA) is 12.9 Å².